The van der Waals surface area contributed by atoms with Crippen molar-refractivity contribution in [2.24, 2.45) is 0 Å². The lowest BCUT2D eigenvalue weighted by Gasteiger charge is -2.37. The Morgan fingerprint density at radius 3 is 2.56 bits per heavy atom. The molecular formula is C24H28N4O4. The van der Waals surface area contributed by atoms with Crippen LogP contribution in [0, 0.1) is 0 Å². The first-order valence-corrected chi connectivity index (χ1v) is 11.1. The minimum absolute atomic E-state index is 0.254. The molecule has 2 saturated heterocycles. The van der Waals surface area contributed by atoms with Gasteiger partial charge in [-0.25, -0.2) is 4.79 Å². The van der Waals surface area contributed by atoms with Crippen molar-refractivity contribution in [3.05, 3.63) is 54.1 Å². The molecule has 32 heavy (non-hydrogen) atoms. The third-order valence-corrected chi connectivity index (χ3v) is 6.50. The van der Waals surface area contributed by atoms with E-state index < -0.39 is 12.1 Å². The Morgan fingerprint density at radius 1 is 1.00 bits per heavy atom. The number of hydrogen-bond donors (Lipinski definition) is 1. The van der Waals surface area contributed by atoms with Crippen molar-refractivity contribution in [2.45, 2.75) is 18.6 Å². The number of benzene rings is 2. The number of fused-ring (bicyclic) bond motifs is 3. The van der Waals surface area contributed by atoms with Gasteiger partial charge in [0.2, 0.25) is 6.10 Å². The largest absolute Gasteiger partial charge is 0.495 e. The molecular weight excluding hydrogens is 408 g/mol. The number of carbonyl (C=O) groups excluding carboxylic acids is 2. The molecule has 2 aromatic rings. The Morgan fingerprint density at radius 2 is 1.75 bits per heavy atom. The number of para-hydroxylation sites is 3. The molecule has 0 bridgehead atoms. The summed E-state index contributed by atoms with van der Waals surface area (Å²) in [6, 6.07) is 14.8. The molecule has 3 aliphatic rings. The van der Waals surface area contributed by atoms with Crippen molar-refractivity contribution in [3.63, 3.8) is 0 Å². The number of hydrogen-bond acceptors (Lipinski definition) is 6. The summed E-state index contributed by atoms with van der Waals surface area (Å²) in [6.07, 6.45) is 0.0625. The van der Waals surface area contributed by atoms with Gasteiger partial charge in [-0.05, 0) is 31.2 Å². The van der Waals surface area contributed by atoms with E-state index in [1.807, 2.05) is 42.5 Å². The number of methoxy groups -OCH3 is 1. The standard InChI is InChI=1S/C24H28N4O4/c1-31-20-10-5-3-8-18(20)27-15-13-26(14-16-27)11-6-12-28-23(29)22-21(25-24(28)30)17-7-2-4-9-19(17)32-22/h2-5,7-10,21-22H,6,11-16H2,1H3,(H,25,30). The lowest BCUT2D eigenvalue weighted by Crippen LogP contribution is -2.59. The highest BCUT2D eigenvalue weighted by molar-refractivity contribution is 6.00. The van der Waals surface area contributed by atoms with E-state index in [1.165, 1.54) is 4.90 Å². The van der Waals surface area contributed by atoms with Gasteiger partial charge < -0.3 is 19.7 Å². The summed E-state index contributed by atoms with van der Waals surface area (Å²) in [5.41, 5.74) is 1.99. The lowest BCUT2D eigenvalue weighted by molar-refractivity contribution is -0.138. The van der Waals surface area contributed by atoms with Crippen LogP contribution in [-0.2, 0) is 4.79 Å². The number of carbonyl (C=O) groups is 2. The fourth-order valence-corrected chi connectivity index (χ4v) is 4.79. The number of piperazine rings is 1. The number of anilines is 1. The molecule has 0 aliphatic carbocycles. The van der Waals surface area contributed by atoms with Gasteiger partial charge in [0.1, 0.15) is 17.5 Å². The van der Waals surface area contributed by atoms with Crippen LogP contribution in [0.5, 0.6) is 11.5 Å². The molecule has 8 heteroatoms. The summed E-state index contributed by atoms with van der Waals surface area (Å²) in [5, 5.41) is 2.95. The Hall–Kier alpha value is -3.26. The minimum atomic E-state index is -0.672. The third kappa shape index (κ3) is 3.75. The van der Waals surface area contributed by atoms with Crippen LogP contribution in [0.15, 0.2) is 48.5 Å². The van der Waals surface area contributed by atoms with Crippen molar-refractivity contribution in [2.75, 3.05) is 51.3 Å². The molecule has 2 fully saturated rings. The molecule has 3 amide bonds. The fraction of sp³-hybridized carbons (Fsp3) is 0.417. The topological polar surface area (TPSA) is 74.3 Å². The quantitative estimate of drug-likeness (QED) is 0.749. The predicted molar refractivity (Wildman–Crippen MR) is 120 cm³/mol. The van der Waals surface area contributed by atoms with E-state index >= 15 is 0 Å². The van der Waals surface area contributed by atoms with Crippen molar-refractivity contribution in [3.8, 4) is 11.5 Å². The molecule has 1 N–H and O–H groups in total. The highest BCUT2D eigenvalue weighted by Gasteiger charge is 2.47. The van der Waals surface area contributed by atoms with Gasteiger partial charge in [-0.2, -0.15) is 0 Å². The average Bonchev–Trinajstić information content (AvgIpc) is 3.20. The first kappa shape index (κ1) is 20.6. The molecule has 0 spiro atoms. The molecule has 0 aromatic heterocycles. The van der Waals surface area contributed by atoms with E-state index in [9.17, 15) is 9.59 Å². The number of nitrogens with zero attached hydrogens (tertiary/aromatic N) is 3. The molecule has 0 saturated carbocycles. The number of ether oxygens (including phenoxy) is 2. The van der Waals surface area contributed by atoms with E-state index in [2.05, 4.69) is 21.2 Å². The van der Waals surface area contributed by atoms with E-state index in [4.69, 9.17) is 9.47 Å². The number of amides is 3. The van der Waals surface area contributed by atoms with Crippen molar-refractivity contribution in [1.29, 1.82) is 0 Å². The highest BCUT2D eigenvalue weighted by Crippen LogP contribution is 2.39. The second-order valence-corrected chi connectivity index (χ2v) is 8.35. The van der Waals surface area contributed by atoms with Gasteiger partial charge in [0.15, 0.2) is 0 Å². The van der Waals surface area contributed by atoms with Crippen molar-refractivity contribution < 1.29 is 19.1 Å². The van der Waals surface area contributed by atoms with Crippen LogP contribution in [0.4, 0.5) is 10.5 Å². The maximum absolute atomic E-state index is 12.9. The van der Waals surface area contributed by atoms with Crippen LogP contribution in [-0.4, -0.2) is 74.2 Å². The fourth-order valence-electron chi connectivity index (χ4n) is 4.79. The van der Waals surface area contributed by atoms with Crippen LogP contribution < -0.4 is 19.7 Å². The highest BCUT2D eigenvalue weighted by atomic mass is 16.5. The molecule has 2 atom stereocenters. The lowest BCUT2D eigenvalue weighted by atomic mass is 10.0. The summed E-state index contributed by atoms with van der Waals surface area (Å²) < 4.78 is 11.3. The first-order valence-electron chi connectivity index (χ1n) is 11.1. The Kier molecular flexibility index (Phi) is 5.61. The summed E-state index contributed by atoms with van der Waals surface area (Å²) in [6.45, 7) is 4.92. The van der Waals surface area contributed by atoms with Crippen LogP contribution in [0.3, 0.4) is 0 Å². The number of imide groups is 1. The number of nitrogens with one attached hydrogen (secondary N) is 1. The van der Waals surface area contributed by atoms with Crippen LogP contribution in [0.2, 0.25) is 0 Å². The van der Waals surface area contributed by atoms with E-state index in [-0.39, 0.29) is 11.9 Å². The normalized spacial score (nSPS) is 22.8. The van der Waals surface area contributed by atoms with Crippen LogP contribution in [0.25, 0.3) is 0 Å². The van der Waals surface area contributed by atoms with Gasteiger partial charge >= 0.3 is 6.03 Å². The maximum Gasteiger partial charge on any atom is 0.324 e. The zero-order valence-electron chi connectivity index (χ0n) is 18.2. The molecule has 168 valence electrons. The first-order chi connectivity index (χ1) is 15.7. The monoisotopic (exact) mass is 436 g/mol. The summed E-state index contributed by atoms with van der Waals surface area (Å²) >= 11 is 0. The second kappa shape index (κ2) is 8.70. The van der Waals surface area contributed by atoms with Gasteiger partial charge in [-0.3, -0.25) is 14.6 Å². The smallest absolute Gasteiger partial charge is 0.324 e. The second-order valence-electron chi connectivity index (χ2n) is 8.35. The SMILES string of the molecule is COc1ccccc1N1CCN(CCCN2C(=O)NC3c4ccccc4OC3C2=O)CC1. The van der Waals surface area contributed by atoms with E-state index in [1.54, 1.807) is 7.11 Å². The summed E-state index contributed by atoms with van der Waals surface area (Å²) in [5.74, 6) is 1.31. The Balaban J connectivity index is 1.12. The van der Waals surface area contributed by atoms with Gasteiger partial charge in [0, 0.05) is 38.3 Å². The maximum atomic E-state index is 12.9. The van der Waals surface area contributed by atoms with Gasteiger partial charge in [0.05, 0.1) is 12.8 Å². The Labute approximate surface area is 187 Å². The Bertz CT molecular complexity index is 1000. The molecule has 5 rings (SSSR count). The number of urea groups is 1. The summed E-state index contributed by atoms with van der Waals surface area (Å²) in [7, 11) is 1.70. The zero-order valence-corrected chi connectivity index (χ0v) is 18.2. The molecule has 0 radical (unpaired) electrons. The van der Waals surface area contributed by atoms with Gasteiger partial charge in [-0.1, -0.05) is 30.3 Å². The van der Waals surface area contributed by atoms with Gasteiger partial charge in [-0.15, -0.1) is 0 Å². The van der Waals surface area contributed by atoms with Crippen molar-refractivity contribution in [1.82, 2.24) is 15.1 Å². The molecule has 2 unspecified atom stereocenters. The van der Waals surface area contributed by atoms with E-state index in [0.29, 0.717) is 12.3 Å². The van der Waals surface area contributed by atoms with Crippen molar-refractivity contribution >= 4 is 17.6 Å². The minimum Gasteiger partial charge on any atom is -0.495 e. The van der Waals surface area contributed by atoms with Crippen LogP contribution in [0.1, 0.15) is 18.0 Å². The molecule has 2 aromatic carbocycles. The zero-order chi connectivity index (χ0) is 22.1. The van der Waals surface area contributed by atoms with Crippen LogP contribution >= 0.6 is 0 Å². The average molecular weight is 437 g/mol. The van der Waals surface area contributed by atoms with E-state index in [0.717, 1.165) is 56.1 Å². The molecule has 3 heterocycles. The number of rotatable bonds is 6. The predicted octanol–water partition coefficient (Wildman–Crippen LogP) is 2.26. The summed E-state index contributed by atoms with van der Waals surface area (Å²) in [4.78, 5) is 31.6. The molecule has 8 nitrogen and oxygen atoms in total. The van der Waals surface area contributed by atoms with Gasteiger partial charge in [0.25, 0.3) is 5.91 Å². The molecule has 3 aliphatic heterocycles. The third-order valence-electron chi connectivity index (χ3n) is 6.50.